The molecule has 1 fully saturated rings. The van der Waals surface area contributed by atoms with E-state index < -0.39 is 114 Å². The summed E-state index contributed by atoms with van der Waals surface area (Å²) in [6, 6.07) is 0.675. The number of Topliss-reactive ketones (excluding diaryl/α,β-unsaturated/α-hetero) is 1. The molecule has 2 heterocycles. The van der Waals surface area contributed by atoms with Crippen LogP contribution in [0.2, 0.25) is 0 Å². The van der Waals surface area contributed by atoms with E-state index in [1.54, 1.807) is 13.1 Å². The van der Waals surface area contributed by atoms with Crippen LogP contribution < -0.4 is 43.0 Å². The van der Waals surface area contributed by atoms with Gasteiger partial charge in [-0.3, -0.25) is 47.9 Å². The molecule has 20 heteroatoms. The third-order valence-electron chi connectivity index (χ3n) is 11.5. The van der Waals surface area contributed by atoms with E-state index in [1.807, 2.05) is 52.0 Å². The summed E-state index contributed by atoms with van der Waals surface area (Å²) in [5.74, 6) is -7.51. The van der Waals surface area contributed by atoms with Gasteiger partial charge in [-0.25, -0.2) is 0 Å². The third-order valence-corrected chi connectivity index (χ3v) is 11.5. The topological polar surface area (TPSA) is 300 Å². The Kier molecular flexibility index (Phi) is 21.1. The Morgan fingerprint density at radius 2 is 1.49 bits per heavy atom. The number of primary amides is 1. The molecule has 0 radical (unpaired) electrons. The van der Waals surface area contributed by atoms with Crippen molar-refractivity contribution < 1.29 is 47.9 Å². The number of aromatic amines is 1. The second-order valence-corrected chi connectivity index (χ2v) is 17.1. The molecule has 1 aliphatic heterocycles. The molecule has 6 unspecified atom stereocenters. The normalized spacial score (nSPS) is 16.2. The Labute approximate surface area is 379 Å². The summed E-state index contributed by atoms with van der Waals surface area (Å²) in [7, 11) is 1.27. The molecular weight excluding hydrogens is 841 g/mol. The molecule has 0 aliphatic carbocycles. The van der Waals surface area contributed by atoms with Crippen LogP contribution in [0.4, 0.5) is 0 Å². The van der Waals surface area contributed by atoms with Crippen molar-refractivity contribution in [3.63, 3.8) is 0 Å². The number of ketones is 1. The van der Waals surface area contributed by atoms with Crippen LogP contribution in [0.3, 0.4) is 0 Å². The molecule has 0 bridgehead atoms. The highest BCUT2D eigenvalue weighted by atomic mass is 16.2. The molecule has 0 saturated carbocycles. The van der Waals surface area contributed by atoms with Gasteiger partial charge in [-0.15, -0.1) is 0 Å². The number of carbonyl (C=O) groups is 10. The van der Waals surface area contributed by atoms with Crippen LogP contribution in [0.1, 0.15) is 105 Å². The summed E-state index contributed by atoms with van der Waals surface area (Å²) in [4.78, 5) is 136. The second kappa shape index (κ2) is 25.8. The summed E-state index contributed by atoms with van der Waals surface area (Å²) in [6.45, 7) is 10.2. The van der Waals surface area contributed by atoms with Crippen LogP contribution in [0, 0.1) is 11.8 Å². The zero-order valence-corrected chi connectivity index (χ0v) is 38.6. The van der Waals surface area contributed by atoms with Crippen molar-refractivity contribution in [1.29, 1.82) is 0 Å². The first kappa shape index (κ1) is 53.0. The fourth-order valence-corrected chi connectivity index (χ4v) is 7.62. The highest BCUT2D eigenvalue weighted by Crippen LogP contribution is 2.23. The number of nitrogens with one attached hydrogen (secondary N) is 8. The van der Waals surface area contributed by atoms with Gasteiger partial charge in [0, 0.05) is 50.5 Å². The predicted molar refractivity (Wildman–Crippen MR) is 241 cm³/mol. The first-order valence-electron chi connectivity index (χ1n) is 22.5. The number of nitrogens with zero attached hydrogens (tertiary/aromatic N) is 1. The number of likely N-dealkylation sites (tertiary alicyclic amines) is 1. The SMILES string of the molecule is CCCCC(NC(=O)C(CCC(=O)C(=O)NC)NC(=O)CNC(C)=O)C(=O)NC(C(=O)NC(CC(C)C)C(=O)N1CCC[C@H]1C(=O)NC(Cc1c[nH]c2ccccc12)C(N)=O)C(C)CC. The van der Waals surface area contributed by atoms with Gasteiger partial charge in [0.1, 0.15) is 36.3 Å². The number of aromatic nitrogens is 1. The zero-order valence-electron chi connectivity index (χ0n) is 38.6. The number of fused-ring (bicyclic) bond motifs is 1. The van der Waals surface area contributed by atoms with Gasteiger partial charge in [0.15, 0.2) is 0 Å². The molecule has 1 saturated heterocycles. The van der Waals surface area contributed by atoms with Gasteiger partial charge in [-0.2, -0.15) is 0 Å². The van der Waals surface area contributed by atoms with Crippen molar-refractivity contribution in [3.05, 3.63) is 36.0 Å². The van der Waals surface area contributed by atoms with Gasteiger partial charge in [0.2, 0.25) is 53.0 Å². The highest BCUT2D eigenvalue weighted by Gasteiger charge is 2.40. The van der Waals surface area contributed by atoms with E-state index >= 15 is 0 Å². The maximum Gasteiger partial charge on any atom is 0.287 e. The monoisotopic (exact) mass is 909 g/mol. The van der Waals surface area contributed by atoms with Crippen LogP contribution in [0.5, 0.6) is 0 Å². The fraction of sp³-hybridized carbons (Fsp3) is 0.600. The molecule has 0 spiro atoms. The van der Waals surface area contributed by atoms with Crippen LogP contribution in [-0.4, -0.2) is 125 Å². The fourth-order valence-electron chi connectivity index (χ4n) is 7.62. The van der Waals surface area contributed by atoms with Crippen molar-refractivity contribution in [2.75, 3.05) is 20.1 Å². The number of rotatable bonds is 26. The van der Waals surface area contributed by atoms with Crippen LogP contribution >= 0.6 is 0 Å². The first-order chi connectivity index (χ1) is 30.8. The van der Waals surface area contributed by atoms with E-state index in [2.05, 4.69) is 42.2 Å². The lowest BCUT2D eigenvalue weighted by Crippen LogP contribution is -2.61. The van der Waals surface area contributed by atoms with Crippen molar-refractivity contribution >= 4 is 69.9 Å². The van der Waals surface area contributed by atoms with Crippen molar-refractivity contribution in [3.8, 4) is 0 Å². The number of unbranched alkanes of at least 4 members (excludes halogenated alkanes) is 1. The lowest BCUT2D eigenvalue weighted by molar-refractivity contribution is -0.143. The number of benzene rings is 1. The minimum absolute atomic E-state index is 0.0850. The Morgan fingerprint density at radius 1 is 0.831 bits per heavy atom. The quantitative estimate of drug-likeness (QED) is 0.0575. The number of para-hydroxylation sites is 1. The Morgan fingerprint density at radius 3 is 2.12 bits per heavy atom. The summed E-state index contributed by atoms with van der Waals surface area (Å²) in [5, 5.41) is 18.9. The smallest absolute Gasteiger partial charge is 0.287 e. The molecule has 1 aromatic heterocycles. The molecule has 2 aromatic rings. The number of H-pyrrole nitrogens is 1. The standard InChI is InChI=1S/C45H68N10O10/c1-8-10-15-31(51-40(60)32(18-19-36(57)43(63)47-7)50-37(58)24-48-27(6)56)41(61)54-38(26(5)9-2)44(64)53-34(21-25(3)4)45(65)55-20-13-17-35(55)42(62)52-33(39(46)59)22-28-23-49-30-16-12-11-14-29(28)30/h11-12,14,16,23,25-26,31-35,38,49H,8-10,13,15,17-22,24H2,1-7H3,(H2,46,59)(H,47,63)(H,48,56)(H,50,58)(H,51,60)(H,52,62)(H,53,64)(H,54,61)/t26?,31?,32?,33?,34?,35-,38?/m0/s1. The van der Waals surface area contributed by atoms with E-state index in [0.29, 0.717) is 32.1 Å². The minimum Gasteiger partial charge on any atom is -0.368 e. The highest BCUT2D eigenvalue weighted by molar-refractivity contribution is 6.36. The number of likely N-dealkylation sites (N-methyl/N-ethyl adjacent to an activating group) is 1. The summed E-state index contributed by atoms with van der Waals surface area (Å²) >= 11 is 0. The van der Waals surface area contributed by atoms with Crippen LogP contribution in [0.15, 0.2) is 30.5 Å². The van der Waals surface area contributed by atoms with Gasteiger partial charge in [-0.05, 0) is 55.6 Å². The molecule has 3 rings (SSSR count). The second-order valence-electron chi connectivity index (χ2n) is 17.1. The maximum atomic E-state index is 14.4. The lowest BCUT2D eigenvalue weighted by atomic mass is 9.95. The summed E-state index contributed by atoms with van der Waals surface area (Å²) < 4.78 is 0. The third kappa shape index (κ3) is 16.0. The lowest BCUT2D eigenvalue weighted by Gasteiger charge is -2.32. The van der Waals surface area contributed by atoms with E-state index in [9.17, 15) is 47.9 Å². The molecule has 65 heavy (non-hydrogen) atoms. The van der Waals surface area contributed by atoms with Gasteiger partial charge >= 0.3 is 0 Å². The van der Waals surface area contributed by atoms with Crippen molar-refractivity contribution in [2.24, 2.45) is 17.6 Å². The molecular formula is C45H68N10O10. The average Bonchev–Trinajstić information content (AvgIpc) is 3.93. The minimum atomic E-state index is -1.38. The summed E-state index contributed by atoms with van der Waals surface area (Å²) in [5.41, 5.74) is 7.40. The molecule has 9 amide bonds. The number of hydrogen-bond acceptors (Lipinski definition) is 10. The van der Waals surface area contributed by atoms with E-state index in [1.165, 1.54) is 18.9 Å². The number of nitrogens with two attached hydrogens (primary N) is 1. The van der Waals surface area contributed by atoms with Gasteiger partial charge in [0.05, 0.1) is 6.54 Å². The molecule has 358 valence electrons. The average molecular weight is 909 g/mol. The molecule has 1 aliphatic rings. The maximum absolute atomic E-state index is 14.4. The summed E-state index contributed by atoms with van der Waals surface area (Å²) in [6.07, 6.45) is 3.86. The Balaban J connectivity index is 1.80. The van der Waals surface area contributed by atoms with Crippen LogP contribution in [0.25, 0.3) is 10.9 Å². The van der Waals surface area contributed by atoms with E-state index in [0.717, 1.165) is 16.5 Å². The molecule has 10 N–H and O–H groups in total. The molecule has 7 atom stereocenters. The number of amides is 9. The predicted octanol–water partition coefficient (Wildman–Crippen LogP) is 0.125. The largest absolute Gasteiger partial charge is 0.368 e. The Bertz CT molecular complexity index is 2040. The van der Waals surface area contributed by atoms with Crippen molar-refractivity contribution in [2.45, 2.75) is 142 Å². The van der Waals surface area contributed by atoms with Crippen molar-refractivity contribution in [1.82, 2.24) is 47.1 Å². The zero-order chi connectivity index (χ0) is 48.4. The first-order valence-corrected chi connectivity index (χ1v) is 22.5. The van der Waals surface area contributed by atoms with Gasteiger partial charge in [0.25, 0.3) is 5.91 Å². The Hall–Kier alpha value is -6.34. The van der Waals surface area contributed by atoms with E-state index in [4.69, 9.17) is 5.73 Å². The van der Waals surface area contributed by atoms with Gasteiger partial charge in [-0.1, -0.05) is 72.1 Å². The number of carbonyl (C=O) groups excluding carboxylic acids is 10. The molecule has 1 aromatic carbocycles. The van der Waals surface area contributed by atoms with Crippen LogP contribution in [-0.2, 0) is 54.4 Å². The molecule has 20 nitrogen and oxygen atoms in total. The van der Waals surface area contributed by atoms with E-state index in [-0.39, 0.29) is 38.1 Å². The van der Waals surface area contributed by atoms with Gasteiger partial charge < -0.3 is 52.8 Å². The number of hydrogen-bond donors (Lipinski definition) is 9.